The Morgan fingerprint density at radius 3 is 2.23 bits per heavy atom. The first kappa shape index (κ1) is 12.9. The minimum atomic E-state index is 0.516. The van der Waals surface area contributed by atoms with E-state index in [0.29, 0.717) is 6.04 Å². The van der Waals surface area contributed by atoms with E-state index >= 15 is 0 Å². The van der Waals surface area contributed by atoms with Crippen LogP contribution < -0.4 is 11.3 Å². The zero-order chi connectivity index (χ0) is 10.1. The second-order valence-corrected chi connectivity index (χ2v) is 3.92. The van der Waals surface area contributed by atoms with E-state index in [1.165, 1.54) is 32.1 Å². The molecule has 0 bridgehead atoms. The van der Waals surface area contributed by atoms with Gasteiger partial charge >= 0.3 is 0 Å². The summed E-state index contributed by atoms with van der Waals surface area (Å²) in [4.78, 5) is 0. The molecule has 0 saturated heterocycles. The Morgan fingerprint density at radius 2 is 1.85 bits per heavy atom. The quantitative estimate of drug-likeness (QED) is 0.452. The van der Waals surface area contributed by atoms with Crippen molar-refractivity contribution < 1.29 is 0 Å². The second-order valence-electron chi connectivity index (χ2n) is 3.92. The lowest BCUT2D eigenvalue weighted by atomic mass is 9.91. The van der Waals surface area contributed by atoms with E-state index in [9.17, 15) is 0 Å². The molecule has 0 radical (unpaired) electrons. The van der Waals surface area contributed by atoms with Crippen LogP contribution in [0.5, 0.6) is 0 Å². The van der Waals surface area contributed by atoms with Gasteiger partial charge in [0, 0.05) is 6.04 Å². The van der Waals surface area contributed by atoms with Crippen molar-refractivity contribution in [3.63, 3.8) is 0 Å². The van der Waals surface area contributed by atoms with Crippen LogP contribution >= 0.6 is 0 Å². The van der Waals surface area contributed by atoms with Crippen LogP contribution in [0.2, 0.25) is 0 Å². The SMILES string of the molecule is CCCCC(CC)CC(CC)NN. The van der Waals surface area contributed by atoms with Gasteiger partial charge in [-0.15, -0.1) is 0 Å². The average Bonchev–Trinajstić information content (AvgIpc) is 2.19. The van der Waals surface area contributed by atoms with E-state index in [0.717, 1.165) is 12.3 Å². The van der Waals surface area contributed by atoms with Gasteiger partial charge in [-0.05, 0) is 18.8 Å². The Kier molecular flexibility index (Phi) is 8.46. The van der Waals surface area contributed by atoms with E-state index < -0.39 is 0 Å². The summed E-state index contributed by atoms with van der Waals surface area (Å²) >= 11 is 0. The van der Waals surface area contributed by atoms with Gasteiger partial charge in [0.1, 0.15) is 0 Å². The summed E-state index contributed by atoms with van der Waals surface area (Å²) in [5.41, 5.74) is 2.89. The molecule has 0 aromatic heterocycles. The highest BCUT2D eigenvalue weighted by atomic mass is 15.2. The molecule has 0 rings (SSSR count). The van der Waals surface area contributed by atoms with Gasteiger partial charge in [0.2, 0.25) is 0 Å². The number of hydrogen-bond donors (Lipinski definition) is 2. The summed E-state index contributed by atoms with van der Waals surface area (Å²) in [6, 6.07) is 0.516. The van der Waals surface area contributed by atoms with Crippen LogP contribution in [0.1, 0.15) is 59.3 Å². The van der Waals surface area contributed by atoms with Gasteiger partial charge < -0.3 is 0 Å². The molecule has 0 aliphatic carbocycles. The highest BCUT2D eigenvalue weighted by Gasteiger charge is 2.11. The fourth-order valence-corrected chi connectivity index (χ4v) is 1.74. The number of hydrazine groups is 1. The molecule has 13 heavy (non-hydrogen) atoms. The molecule has 2 atom stereocenters. The van der Waals surface area contributed by atoms with Gasteiger partial charge in [-0.2, -0.15) is 0 Å². The molecule has 3 N–H and O–H groups in total. The summed E-state index contributed by atoms with van der Waals surface area (Å²) in [5.74, 6) is 6.33. The maximum absolute atomic E-state index is 5.46. The lowest BCUT2D eigenvalue weighted by molar-refractivity contribution is 0.346. The minimum Gasteiger partial charge on any atom is -0.271 e. The molecule has 2 nitrogen and oxygen atoms in total. The van der Waals surface area contributed by atoms with Crippen LogP contribution in [-0.4, -0.2) is 6.04 Å². The van der Waals surface area contributed by atoms with Gasteiger partial charge in [0.15, 0.2) is 0 Å². The molecule has 0 aromatic carbocycles. The van der Waals surface area contributed by atoms with E-state index in [4.69, 9.17) is 5.84 Å². The normalized spacial score (nSPS) is 15.7. The molecule has 2 heteroatoms. The highest BCUT2D eigenvalue weighted by molar-refractivity contribution is 4.67. The lowest BCUT2D eigenvalue weighted by Gasteiger charge is -2.20. The predicted octanol–water partition coefficient (Wildman–Crippen LogP) is 2.83. The van der Waals surface area contributed by atoms with E-state index in [1.807, 2.05) is 0 Å². The number of hydrogen-bond acceptors (Lipinski definition) is 2. The molecular weight excluding hydrogens is 160 g/mol. The van der Waals surface area contributed by atoms with Crippen LogP contribution in [0, 0.1) is 5.92 Å². The standard InChI is InChI=1S/C11H26N2/c1-4-7-8-10(5-2)9-11(6-3)13-12/h10-11,13H,4-9,12H2,1-3H3. The van der Waals surface area contributed by atoms with Gasteiger partial charge in [0.25, 0.3) is 0 Å². The molecule has 0 amide bonds. The summed E-state index contributed by atoms with van der Waals surface area (Å²) in [6.45, 7) is 6.73. The first-order valence-electron chi connectivity index (χ1n) is 5.74. The molecule has 0 aliphatic heterocycles. The third-order valence-electron chi connectivity index (χ3n) is 2.89. The summed E-state index contributed by atoms with van der Waals surface area (Å²) in [7, 11) is 0. The molecular formula is C11H26N2. The highest BCUT2D eigenvalue weighted by Crippen LogP contribution is 2.19. The van der Waals surface area contributed by atoms with Crippen molar-refractivity contribution >= 4 is 0 Å². The van der Waals surface area contributed by atoms with Gasteiger partial charge in [0.05, 0.1) is 0 Å². The van der Waals surface area contributed by atoms with E-state index in [-0.39, 0.29) is 0 Å². The maximum Gasteiger partial charge on any atom is 0.0210 e. The van der Waals surface area contributed by atoms with Crippen LogP contribution in [0.3, 0.4) is 0 Å². The van der Waals surface area contributed by atoms with Crippen LogP contribution in [0.15, 0.2) is 0 Å². The van der Waals surface area contributed by atoms with Crippen molar-refractivity contribution in [2.45, 2.75) is 65.3 Å². The van der Waals surface area contributed by atoms with Crippen LogP contribution in [0.4, 0.5) is 0 Å². The van der Waals surface area contributed by atoms with Crippen LogP contribution in [-0.2, 0) is 0 Å². The topological polar surface area (TPSA) is 38.0 Å². The first-order valence-corrected chi connectivity index (χ1v) is 5.74. The zero-order valence-electron chi connectivity index (χ0n) is 9.47. The molecule has 0 heterocycles. The van der Waals surface area contributed by atoms with Crippen molar-refractivity contribution in [3.05, 3.63) is 0 Å². The summed E-state index contributed by atoms with van der Waals surface area (Å²) in [6.07, 6.45) is 7.70. The van der Waals surface area contributed by atoms with Gasteiger partial charge in [-0.1, -0.05) is 46.5 Å². The van der Waals surface area contributed by atoms with E-state index in [2.05, 4.69) is 26.2 Å². The maximum atomic E-state index is 5.46. The Balaban J connectivity index is 3.67. The smallest absolute Gasteiger partial charge is 0.0210 e. The monoisotopic (exact) mass is 186 g/mol. The number of rotatable bonds is 8. The number of nitrogens with two attached hydrogens (primary N) is 1. The number of unbranched alkanes of at least 4 members (excludes halogenated alkanes) is 1. The van der Waals surface area contributed by atoms with Gasteiger partial charge in [-0.3, -0.25) is 11.3 Å². The van der Waals surface area contributed by atoms with Crippen molar-refractivity contribution in [2.24, 2.45) is 11.8 Å². The third kappa shape index (κ3) is 6.05. The van der Waals surface area contributed by atoms with Crippen LogP contribution in [0.25, 0.3) is 0 Å². The Hall–Kier alpha value is -0.0800. The molecule has 0 spiro atoms. The van der Waals surface area contributed by atoms with Crippen molar-refractivity contribution in [1.29, 1.82) is 0 Å². The second kappa shape index (κ2) is 8.52. The third-order valence-corrected chi connectivity index (χ3v) is 2.89. The fraction of sp³-hybridized carbons (Fsp3) is 1.00. The minimum absolute atomic E-state index is 0.516. The first-order chi connectivity index (χ1) is 6.28. The largest absolute Gasteiger partial charge is 0.271 e. The molecule has 0 fully saturated rings. The summed E-state index contributed by atoms with van der Waals surface area (Å²) in [5, 5.41) is 0. The summed E-state index contributed by atoms with van der Waals surface area (Å²) < 4.78 is 0. The average molecular weight is 186 g/mol. The Bertz CT molecular complexity index is 100. The molecule has 80 valence electrons. The zero-order valence-corrected chi connectivity index (χ0v) is 9.47. The molecule has 0 aliphatic rings. The Labute approximate surface area is 83.2 Å². The van der Waals surface area contributed by atoms with E-state index in [1.54, 1.807) is 0 Å². The van der Waals surface area contributed by atoms with Crippen molar-refractivity contribution in [1.82, 2.24) is 5.43 Å². The molecule has 2 unspecified atom stereocenters. The van der Waals surface area contributed by atoms with Gasteiger partial charge in [-0.25, -0.2) is 0 Å². The fourth-order valence-electron chi connectivity index (χ4n) is 1.74. The Morgan fingerprint density at radius 1 is 1.15 bits per heavy atom. The van der Waals surface area contributed by atoms with Crippen molar-refractivity contribution in [3.8, 4) is 0 Å². The number of nitrogens with one attached hydrogen (secondary N) is 1. The van der Waals surface area contributed by atoms with Crippen molar-refractivity contribution in [2.75, 3.05) is 0 Å². The lowest BCUT2D eigenvalue weighted by Crippen LogP contribution is -2.36. The molecule has 0 aromatic rings. The molecule has 0 saturated carbocycles. The predicted molar refractivity (Wildman–Crippen MR) is 59.3 cm³/mol.